The Hall–Kier alpha value is -1.64. The predicted octanol–water partition coefficient (Wildman–Crippen LogP) is 2.78. The zero-order chi connectivity index (χ0) is 10.9. The number of aromatic amines is 1. The molecule has 3 heteroatoms. The number of nitrogens with one attached hydrogen (secondary N) is 1. The van der Waals surface area contributed by atoms with Crippen molar-refractivity contribution in [3.8, 4) is 0 Å². The Morgan fingerprint density at radius 1 is 1.27 bits per heavy atom. The third-order valence-electron chi connectivity index (χ3n) is 1.98. The van der Waals surface area contributed by atoms with Crippen LogP contribution in [0.15, 0.2) is 29.3 Å². The molecule has 0 spiro atoms. The first kappa shape index (κ1) is 9.90. The summed E-state index contributed by atoms with van der Waals surface area (Å²) in [5.41, 5.74) is 1.97. The van der Waals surface area contributed by atoms with E-state index in [9.17, 15) is 0 Å². The summed E-state index contributed by atoms with van der Waals surface area (Å²) in [6, 6.07) is 7.97. The molecule has 1 aromatic heterocycles. The van der Waals surface area contributed by atoms with Gasteiger partial charge in [0.05, 0.1) is 22.8 Å². The minimum Gasteiger partial charge on any atom is -0.337 e. The number of benzene rings is 1. The lowest BCUT2D eigenvalue weighted by atomic mass is 10.1. The molecule has 0 bridgehead atoms. The molecule has 1 aromatic carbocycles. The smallest absolute Gasteiger partial charge is 0.149 e. The van der Waals surface area contributed by atoms with Gasteiger partial charge in [-0.15, -0.1) is 0 Å². The van der Waals surface area contributed by atoms with Crippen LogP contribution in [0.2, 0.25) is 0 Å². The number of nitrogens with zero attached hydrogens (tertiary/aromatic N) is 2. The molecule has 2 aromatic rings. The summed E-state index contributed by atoms with van der Waals surface area (Å²) < 4.78 is 0. The topological polar surface area (TPSA) is 41.0 Å². The van der Waals surface area contributed by atoms with Crippen molar-refractivity contribution in [1.29, 1.82) is 0 Å². The first-order chi connectivity index (χ1) is 7.04. The summed E-state index contributed by atoms with van der Waals surface area (Å²) in [6.07, 6.45) is 1.79. The maximum Gasteiger partial charge on any atom is 0.149 e. The monoisotopic (exact) mass is 201 g/mol. The van der Waals surface area contributed by atoms with Gasteiger partial charge in [-0.25, -0.2) is 4.98 Å². The van der Waals surface area contributed by atoms with Crippen LogP contribution in [0.1, 0.15) is 26.6 Å². The second kappa shape index (κ2) is 3.50. The van der Waals surface area contributed by atoms with Crippen LogP contribution in [0.25, 0.3) is 11.0 Å². The SMILES string of the molecule is CC(C)(C)/N=C/c1nc2ccccc2[nH]1. The average Bonchev–Trinajstić information content (AvgIpc) is 2.56. The highest BCUT2D eigenvalue weighted by molar-refractivity contribution is 5.83. The molecule has 1 N–H and O–H groups in total. The maximum atomic E-state index is 4.41. The molecule has 0 aliphatic heterocycles. The van der Waals surface area contributed by atoms with E-state index in [1.165, 1.54) is 0 Å². The van der Waals surface area contributed by atoms with Crippen molar-refractivity contribution in [2.45, 2.75) is 26.3 Å². The fourth-order valence-corrected chi connectivity index (χ4v) is 1.29. The quantitative estimate of drug-likeness (QED) is 0.708. The minimum absolute atomic E-state index is 0.0566. The summed E-state index contributed by atoms with van der Waals surface area (Å²) in [7, 11) is 0. The van der Waals surface area contributed by atoms with Gasteiger partial charge in [0.1, 0.15) is 5.82 Å². The molecule has 0 unspecified atom stereocenters. The number of fused-ring (bicyclic) bond motifs is 1. The van der Waals surface area contributed by atoms with Crippen LogP contribution in [0.3, 0.4) is 0 Å². The van der Waals surface area contributed by atoms with Crippen molar-refractivity contribution in [1.82, 2.24) is 9.97 Å². The maximum absolute atomic E-state index is 4.41. The van der Waals surface area contributed by atoms with Gasteiger partial charge in [0.25, 0.3) is 0 Å². The third-order valence-corrected chi connectivity index (χ3v) is 1.98. The average molecular weight is 201 g/mol. The number of H-pyrrole nitrogens is 1. The van der Waals surface area contributed by atoms with E-state index in [-0.39, 0.29) is 5.54 Å². The number of rotatable bonds is 1. The molecule has 3 nitrogen and oxygen atoms in total. The summed E-state index contributed by atoms with van der Waals surface area (Å²) in [6.45, 7) is 6.18. The molecule has 0 saturated carbocycles. The van der Waals surface area contributed by atoms with Crippen molar-refractivity contribution in [2.75, 3.05) is 0 Å². The van der Waals surface area contributed by atoms with E-state index < -0.39 is 0 Å². The van der Waals surface area contributed by atoms with Crippen LogP contribution in [0.4, 0.5) is 0 Å². The van der Waals surface area contributed by atoms with E-state index in [2.05, 4.69) is 35.7 Å². The largest absolute Gasteiger partial charge is 0.337 e. The predicted molar refractivity (Wildman–Crippen MR) is 63.4 cm³/mol. The highest BCUT2D eigenvalue weighted by atomic mass is 14.9. The van der Waals surface area contributed by atoms with Gasteiger partial charge in [-0.3, -0.25) is 4.99 Å². The Morgan fingerprint density at radius 2 is 2.00 bits per heavy atom. The first-order valence-electron chi connectivity index (χ1n) is 5.05. The van der Waals surface area contributed by atoms with Crippen LogP contribution in [-0.4, -0.2) is 21.7 Å². The van der Waals surface area contributed by atoms with E-state index in [4.69, 9.17) is 0 Å². The molecule has 78 valence electrons. The number of aromatic nitrogens is 2. The highest BCUT2D eigenvalue weighted by Gasteiger charge is 2.05. The highest BCUT2D eigenvalue weighted by Crippen LogP contribution is 2.10. The van der Waals surface area contributed by atoms with Crippen LogP contribution in [-0.2, 0) is 0 Å². The summed E-state index contributed by atoms with van der Waals surface area (Å²) in [5.74, 6) is 0.811. The Labute approximate surface area is 89.3 Å². The Kier molecular flexibility index (Phi) is 2.31. The molecular formula is C12H15N3. The van der Waals surface area contributed by atoms with Crippen molar-refractivity contribution >= 4 is 17.2 Å². The van der Waals surface area contributed by atoms with Gasteiger partial charge >= 0.3 is 0 Å². The molecule has 0 aliphatic carbocycles. The number of aliphatic imine (C=N–C) groups is 1. The zero-order valence-corrected chi connectivity index (χ0v) is 9.28. The van der Waals surface area contributed by atoms with Crippen molar-refractivity contribution in [3.05, 3.63) is 30.1 Å². The molecule has 0 radical (unpaired) electrons. The van der Waals surface area contributed by atoms with Crippen molar-refractivity contribution < 1.29 is 0 Å². The lowest BCUT2D eigenvalue weighted by Gasteiger charge is -2.09. The van der Waals surface area contributed by atoms with E-state index in [1.54, 1.807) is 6.21 Å². The molecule has 1 heterocycles. The molecular weight excluding hydrogens is 186 g/mol. The van der Waals surface area contributed by atoms with Crippen molar-refractivity contribution in [3.63, 3.8) is 0 Å². The Bertz CT molecular complexity index is 456. The fraction of sp³-hybridized carbons (Fsp3) is 0.333. The van der Waals surface area contributed by atoms with E-state index in [1.807, 2.05) is 24.3 Å². The lowest BCUT2D eigenvalue weighted by Crippen LogP contribution is -2.09. The van der Waals surface area contributed by atoms with Crippen LogP contribution >= 0.6 is 0 Å². The molecule has 2 rings (SSSR count). The number of imidazole rings is 1. The van der Waals surface area contributed by atoms with Crippen molar-refractivity contribution in [2.24, 2.45) is 4.99 Å². The number of para-hydroxylation sites is 2. The van der Waals surface area contributed by atoms with Gasteiger partial charge in [-0.2, -0.15) is 0 Å². The second-order valence-corrected chi connectivity index (χ2v) is 4.57. The first-order valence-corrected chi connectivity index (χ1v) is 5.05. The minimum atomic E-state index is -0.0566. The summed E-state index contributed by atoms with van der Waals surface area (Å²) >= 11 is 0. The van der Waals surface area contributed by atoms with Crippen LogP contribution < -0.4 is 0 Å². The van der Waals surface area contributed by atoms with Crippen LogP contribution in [0, 0.1) is 0 Å². The van der Waals surface area contributed by atoms with Gasteiger partial charge in [0.2, 0.25) is 0 Å². The Morgan fingerprint density at radius 3 is 2.67 bits per heavy atom. The van der Waals surface area contributed by atoms with E-state index >= 15 is 0 Å². The van der Waals surface area contributed by atoms with Gasteiger partial charge in [-0.05, 0) is 32.9 Å². The zero-order valence-electron chi connectivity index (χ0n) is 9.28. The number of hydrogen-bond donors (Lipinski definition) is 1. The normalized spacial score (nSPS) is 12.7. The lowest BCUT2D eigenvalue weighted by molar-refractivity contribution is 0.586. The molecule has 0 aliphatic rings. The van der Waals surface area contributed by atoms with E-state index in [0.717, 1.165) is 16.9 Å². The van der Waals surface area contributed by atoms with Crippen LogP contribution in [0.5, 0.6) is 0 Å². The Balaban J connectivity index is 2.34. The van der Waals surface area contributed by atoms with Gasteiger partial charge in [0.15, 0.2) is 0 Å². The molecule has 0 amide bonds. The second-order valence-electron chi connectivity index (χ2n) is 4.57. The number of hydrogen-bond acceptors (Lipinski definition) is 2. The summed E-state index contributed by atoms with van der Waals surface area (Å²) in [5, 5.41) is 0. The molecule has 15 heavy (non-hydrogen) atoms. The molecule has 0 fully saturated rings. The van der Waals surface area contributed by atoms with E-state index in [0.29, 0.717) is 0 Å². The molecule has 0 saturated heterocycles. The fourth-order valence-electron chi connectivity index (χ4n) is 1.29. The summed E-state index contributed by atoms with van der Waals surface area (Å²) in [4.78, 5) is 12.0. The standard InChI is InChI=1S/C12H15N3/c1-12(2,3)13-8-11-14-9-6-4-5-7-10(9)15-11/h4-8H,1-3H3,(H,14,15)/b13-8+. The molecule has 0 atom stereocenters. The van der Waals surface area contributed by atoms with Gasteiger partial charge < -0.3 is 4.98 Å². The van der Waals surface area contributed by atoms with Gasteiger partial charge in [-0.1, -0.05) is 12.1 Å². The van der Waals surface area contributed by atoms with Gasteiger partial charge in [0, 0.05) is 0 Å². The third kappa shape index (κ3) is 2.43.